The Labute approximate surface area is 408 Å². The van der Waals surface area contributed by atoms with Gasteiger partial charge >= 0.3 is 11.9 Å². The fourth-order valence-corrected chi connectivity index (χ4v) is 8.02. The maximum atomic E-state index is 12.6. The van der Waals surface area contributed by atoms with Crippen molar-refractivity contribution in [1.29, 1.82) is 0 Å². The molecule has 0 bridgehead atoms. The van der Waals surface area contributed by atoms with Crippen LogP contribution in [0, 0.1) is 41.5 Å². The van der Waals surface area contributed by atoms with Gasteiger partial charge in [0.1, 0.15) is 17.1 Å². The minimum atomic E-state index is -1.31. The largest absolute Gasteiger partial charge is 0.478 e. The number of rotatable bonds is 13. The Hall–Kier alpha value is -5.76. The highest BCUT2D eigenvalue weighted by atomic mass is 16.6. The van der Waals surface area contributed by atoms with E-state index in [0.29, 0.717) is 24.3 Å². The number of ketones is 2. The minimum absolute atomic E-state index is 0.0221. The molecule has 4 aromatic rings. The number of allylic oxidation sites excluding steroid dienone is 4. The monoisotopic (exact) mass is 929 g/mol. The highest BCUT2D eigenvalue weighted by Gasteiger charge is 2.36. The number of hydrogen-bond acceptors (Lipinski definition) is 7. The van der Waals surface area contributed by atoms with Crippen molar-refractivity contribution in [2.75, 3.05) is 0 Å². The van der Waals surface area contributed by atoms with E-state index < -0.39 is 28.7 Å². The molecule has 2 aliphatic carbocycles. The molecule has 6 rings (SSSR count). The van der Waals surface area contributed by atoms with Crippen LogP contribution in [0.3, 0.4) is 0 Å². The number of esters is 1. The lowest BCUT2D eigenvalue weighted by atomic mass is 9.85. The first kappa shape index (κ1) is 56.6. The van der Waals surface area contributed by atoms with Gasteiger partial charge in [-0.2, -0.15) is 0 Å². The van der Waals surface area contributed by atoms with Crippen molar-refractivity contribution in [3.05, 3.63) is 140 Å². The molecule has 0 saturated heterocycles. The third-order valence-electron chi connectivity index (χ3n) is 11.7. The quantitative estimate of drug-likeness (QED) is 0.104. The van der Waals surface area contributed by atoms with Crippen molar-refractivity contribution >= 4 is 34.7 Å². The molecule has 8 nitrogen and oxygen atoms in total. The standard InChI is InChI=1S/C27H32O4.C23H24O4.C8H18.C2H6/c1-16-9-10-22-21(11-16)14-20(15-23(22)28)19-12-17(2)24(18(3)13-19)30-27(7,8)25(29)31-26(4,5)6;1-13-6-7-19-18(8-13)11-17(12-20(19)24)16-9-14(2)21(15(3)10-16)27-23(4,5)22(25)26;1-3-5-7-8-6-4-2;1-2/h9-13,15H,14H2,1-8H3;6-10,12H,11H2,1-5H3,(H,25,26);3-8H2,1-2H3;1-2H3. The SMILES string of the molecule is CC.CCCCCCCC.Cc1ccc2c(c1)CC(c1cc(C)c(OC(C)(C)C(=O)O)c(C)c1)=CC2=O.Cc1ccc2c(c1)CC(c1cc(C)c(OC(C)(C)C(=O)OC(C)(C)C)c(C)c1)=CC2=O. The van der Waals surface area contributed by atoms with Crippen molar-refractivity contribution in [2.45, 2.75) is 186 Å². The first-order valence-electron chi connectivity index (χ1n) is 24.5. The number of carboxylic acids is 1. The number of carbonyl (C=O) groups excluding carboxylic acids is 3. The maximum absolute atomic E-state index is 12.6. The van der Waals surface area contributed by atoms with Crippen LogP contribution >= 0.6 is 0 Å². The fraction of sp³-hybridized carbons (Fsp3) is 0.467. The lowest BCUT2D eigenvalue weighted by Gasteiger charge is -2.30. The van der Waals surface area contributed by atoms with Crippen LogP contribution < -0.4 is 9.47 Å². The summed E-state index contributed by atoms with van der Waals surface area (Å²) in [7, 11) is 0. The predicted molar refractivity (Wildman–Crippen MR) is 280 cm³/mol. The van der Waals surface area contributed by atoms with E-state index in [4.69, 9.17) is 14.2 Å². The zero-order chi connectivity index (χ0) is 51.3. The number of hydrogen-bond donors (Lipinski definition) is 1. The van der Waals surface area contributed by atoms with Crippen LogP contribution in [0.1, 0.15) is 191 Å². The molecule has 0 spiro atoms. The van der Waals surface area contributed by atoms with Gasteiger partial charge in [-0.05, 0) is 195 Å². The number of benzene rings is 4. The van der Waals surface area contributed by atoms with E-state index in [9.17, 15) is 24.3 Å². The molecular formula is C60H80O8. The number of aliphatic carboxylic acids is 1. The van der Waals surface area contributed by atoms with E-state index in [-0.39, 0.29) is 11.6 Å². The van der Waals surface area contributed by atoms with Crippen molar-refractivity contribution in [3.63, 3.8) is 0 Å². The lowest BCUT2D eigenvalue weighted by molar-refractivity contribution is -0.171. The maximum Gasteiger partial charge on any atom is 0.350 e. The van der Waals surface area contributed by atoms with Gasteiger partial charge in [0.2, 0.25) is 0 Å². The molecule has 0 fully saturated rings. The number of ether oxygens (including phenoxy) is 3. The van der Waals surface area contributed by atoms with E-state index in [0.717, 1.165) is 77.9 Å². The van der Waals surface area contributed by atoms with E-state index in [1.54, 1.807) is 26.0 Å². The first-order chi connectivity index (χ1) is 31.8. The second-order valence-electron chi connectivity index (χ2n) is 20.1. The molecule has 0 aliphatic heterocycles. The molecule has 0 unspecified atom stereocenters. The zero-order valence-corrected chi connectivity index (χ0v) is 44.4. The topological polar surface area (TPSA) is 116 Å². The zero-order valence-electron chi connectivity index (χ0n) is 44.4. The molecule has 0 amide bonds. The molecule has 0 heterocycles. The highest BCUT2D eigenvalue weighted by Crippen LogP contribution is 2.36. The van der Waals surface area contributed by atoms with Crippen LogP contribution in [0.4, 0.5) is 0 Å². The van der Waals surface area contributed by atoms with Gasteiger partial charge in [-0.3, -0.25) is 9.59 Å². The van der Waals surface area contributed by atoms with E-state index >= 15 is 0 Å². The average molecular weight is 929 g/mol. The Morgan fingerprint density at radius 1 is 0.544 bits per heavy atom. The second kappa shape index (κ2) is 24.5. The molecule has 2 aliphatic rings. The van der Waals surface area contributed by atoms with E-state index in [1.807, 2.05) is 125 Å². The number of fused-ring (bicyclic) bond motifs is 2. The molecule has 0 radical (unpaired) electrons. The molecule has 0 aromatic heterocycles. The van der Waals surface area contributed by atoms with Crippen LogP contribution in [-0.4, -0.2) is 45.4 Å². The van der Waals surface area contributed by atoms with Gasteiger partial charge in [-0.1, -0.05) is 114 Å². The Balaban J connectivity index is 0.000000303. The van der Waals surface area contributed by atoms with Crippen LogP contribution in [0.2, 0.25) is 0 Å². The van der Waals surface area contributed by atoms with Gasteiger partial charge in [0.05, 0.1) is 0 Å². The van der Waals surface area contributed by atoms with Gasteiger partial charge in [0.25, 0.3) is 0 Å². The summed E-state index contributed by atoms with van der Waals surface area (Å²) in [6.07, 6.45) is 13.3. The van der Waals surface area contributed by atoms with Crippen molar-refractivity contribution in [3.8, 4) is 11.5 Å². The summed E-state index contributed by atoms with van der Waals surface area (Å²) < 4.78 is 17.4. The Morgan fingerprint density at radius 2 is 0.897 bits per heavy atom. The number of carbonyl (C=O) groups is 4. The lowest BCUT2D eigenvalue weighted by Crippen LogP contribution is -2.43. The number of carboxylic acid groups (broad SMARTS) is 1. The van der Waals surface area contributed by atoms with E-state index in [2.05, 4.69) is 26.0 Å². The smallest absolute Gasteiger partial charge is 0.350 e. The van der Waals surface area contributed by atoms with Crippen molar-refractivity contribution in [1.82, 2.24) is 0 Å². The number of unbranched alkanes of at least 4 members (excludes halogenated alkanes) is 5. The summed E-state index contributed by atoms with van der Waals surface area (Å²) in [6, 6.07) is 19.8. The summed E-state index contributed by atoms with van der Waals surface area (Å²) in [4.78, 5) is 49.1. The Bertz CT molecular complexity index is 2450. The van der Waals surface area contributed by atoms with Crippen LogP contribution in [0.5, 0.6) is 11.5 Å². The summed E-state index contributed by atoms with van der Waals surface area (Å²) in [5, 5.41) is 9.32. The highest BCUT2D eigenvalue weighted by molar-refractivity contribution is 6.12. The van der Waals surface area contributed by atoms with Crippen LogP contribution in [-0.2, 0) is 27.2 Å². The summed E-state index contributed by atoms with van der Waals surface area (Å²) in [5.74, 6) is -0.121. The molecule has 4 aromatic carbocycles. The minimum Gasteiger partial charge on any atom is -0.478 e. The Morgan fingerprint density at radius 3 is 1.22 bits per heavy atom. The Kier molecular flexibility index (Phi) is 20.4. The molecule has 0 saturated carbocycles. The van der Waals surface area contributed by atoms with Gasteiger partial charge in [-0.25, -0.2) is 9.59 Å². The van der Waals surface area contributed by atoms with Gasteiger partial charge in [0.15, 0.2) is 22.8 Å². The molecule has 8 heteroatoms. The normalized spacial score (nSPS) is 13.1. The van der Waals surface area contributed by atoms with Gasteiger partial charge in [-0.15, -0.1) is 0 Å². The van der Waals surface area contributed by atoms with Gasteiger partial charge in [0, 0.05) is 11.1 Å². The molecule has 1 N–H and O–H groups in total. The van der Waals surface area contributed by atoms with E-state index in [1.165, 1.54) is 52.4 Å². The van der Waals surface area contributed by atoms with Crippen molar-refractivity contribution < 1.29 is 38.5 Å². The van der Waals surface area contributed by atoms with Crippen LogP contribution in [0.25, 0.3) is 11.1 Å². The third-order valence-corrected chi connectivity index (χ3v) is 11.7. The summed E-state index contributed by atoms with van der Waals surface area (Å²) in [5.41, 5.74) is 10.4. The second-order valence-corrected chi connectivity index (χ2v) is 20.1. The number of aryl methyl sites for hydroxylation is 6. The molecule has 0 atom stereocenters. The third kappa shape index (κ3) is 15.6. The summed E-state index contributed by atoms with van der Waals surface area (Å²) in [6.45, 7) is 32.3. The molecule has 68 heavy (non-hydrogen) atoms. The van der Waals surface area contributed by atoms with Gasteiger partial charge < -0.3 is 19.3 Å². The fourth-order valence-electron chi connectivity index (χ4n) is 8.02. The van der Waals surface area contributed by atoms with Crippen molar-refractivity contribution in [2.24, 2.45) is 0 Å². The van der Waals surface area contributed by atoms with Crippen LogP contribution in [0.15, 0.2) is 72.8 Å². The molecular weight excluding hydrogens is 849 g/mol. The predicted octanol–water partition coefficient (Wildman–Crippen LogP) is 15.0. The molecule has 368 valence electrons. The summed E-state index contributed by atoms with van der Waals surface area (Å²) >= 11 is 0. The first-order valence-corrected chi connectivity index (χ1v) is 24.5. The average Bonchev–Trinajstić information content (AvgIpc) is 3.25.